The molecule has 128 valence electrons. The second-order valence-corrected chi connectivity index (χ2v) is 7.17. The number of likely N-dealkylation sites (tertiary alicyclic amines) is 2. The minimum Gasteiger partial charge on any atom is -0.353 e. The average molecular weight is 321 g/mol. The highest BCUT2D eigenvalue weighted by Crippen LogP contribution is 2.29. The summed E-state index contributed by atoms with van der Waals surface area (Å²) in [5.74, 6) is 0.0564. The van der Waals surface area contributed by atoms with Gasteiger partial charge in [0.15, 0.2) is 0 Å². The van der Waals surface area contributed by atoms with Gasteiger partial charge in [0, 0.05) is 45.1 Å². The highest BCUT2D eigenvalue weighted by molar-refractivity contribution is 5.89. The van der Waals surface area contributed by atoms with Gasteiger partial charge in [-0.3, -0.25) is 14.4 Å². The van der Waals surface area contributed by atoms with Crippen molar-refractivity contribution in [1.29, 1.82) is 0 Å². The lowest BCUT2D eigenvalue weighted by Crippen LogP contribution is -2.47. The van der Waals surface area contributed by atoms with Crippen molar-refractivity contribution in [3.05, 3.63) is 0 Å². The molecule has 1 aliphatic carbocycles. The van der Waals surface area contributed by atoms with Crippen LogP contribution in [0.25, 0.3) is 0 Å². The SMILES string of the molecule is CC(=O)N1CCC(NC(=O)C2CC(=O)N(C3CCCC3)C2)CC1. The molecule has 3 rings (SSSR count). The lowest BCUT2D eigenvalue weighted by Gasteiger charge is -2.32. The Labute approximate surface area is 137 Å². The average Bonchev–Trinajstić information content (AvgIpc) is 3.16. The van der Waals surface area contributed by atoms with E-state index in [1.807, 2.05) is 9.80 Å². The second-order valence-electron chi connectivity index (χ2n) is 7.17. The minimum atomic E-state index is -0.200. The van der Waals surface area contributed by atoms with Crippen LogP contribution >= 0.6 is 0 Å². The van der Waals surface area contributed by atoms with Gasteiger partial charge in [-0.15, -0.1) is 0 Å². The predicted molar refractivity (Wildman–Crippen MR) is 85.5 cm³/mol. The van der Waals surface area contributed by atoms with Gasteiger partial charge in [0.25, 0.3) is 0 Å². The molecule has 2 aliphatic heterocycles. The fraction of sp³-hybridized carbons (Fsp3) is 0.824. The summed E-state index contributed by atoms with van der Waals surface area (Å²) >= 11 is 0. The fourth-order valence-corrected chi connectivity index (χ4v) is 4.13. The Morgan fingerprint density at radius 3 is 2.35 bits per heavy atom. The Bertz CT molecular complexity index is 479. The third kappa shape index (κ3) is 3.67. The number of carbonyl (C=O) groups is 3. The van der Waals surface area contributed by atoms with Gasteiger partial charge >= 0.3 is 0 Å². The summed E-state index contributed by atoms with van der Waals surface area (Å²) in [4.78, 5) is 39.7. The van der Waals surface area contributed by atoms with Crippen molar-refractivity contribution in [2.24, 2.45) is 5.92 Å². The molecule has 3 aliphatic rings. The highest BCUT2D eigenvalue weighted by Gasteiger charge is 2.39. The lowest BCUT2D eigenvalue weighted by atomic mass is 10.0. The molecule has 6 heteroatoms. The van der Waals surface area contributed by atoms with E-state index in [1.165, 1.54) is 12.8 Å². The molecule has 3 fully saturated rings. The van der Waals surface area contributed by atoms with Crippen molar-refractivity contribution in [3.8, 4) is 0 Å². The molecule has 0 aromatic rings. The Kier molecular flexibility index (Phi) is 4.87. The third-order valence-corrected chi connectivity index (χ3v) is 5.58. The quantitative estimate of drug-likeness (QED) is 0.840. The van der Waals surface area contributed by atoms with E-state index < -0.39 is 0 Å². The fourth-order valence-electron chi connectivity index (χ4n) is 4.13. The molecule has 6 nitrogen and oxygen atoms in total. The minimum absolute atomic E-state index is 0.0140. The van der Waals surface area contributed by atoms with E-state index in [9.17, 15) is 14.4 Å². The molecule has 0 radical (unpaired) electrons. The molecule has 1 atom stereocenters. The van der Waals surface area contributed by atoms with E-state index in [-0.39, 0.29) is 29.7 Å². The van der Waals surface area contributed by atoms with E-state index in [0.29, 0.717) is 32.1 Å². The van der Waals surface area contributed by atoms with Crippen molar-refractivity contribution >= 4 is 17.7 Å². The van der Waals surface area contributed by atoms with E-state index >= 15 is 0 Å². The van der Waals surface area contributed by atoms with Gasteiger partial charge in [0.2, 0.25) is 17.7 Å². The van der Waals surface area contributed by atoms with Crippen LogP contribution in [0.15, 0.2) is 0 Å². The number of nitrogens with zero attached hydrogens (tertiary/aromatic N) is 2. The zero-order valence-electron chi connectivity index (χ0n) is 13.9. The molecule has 2 heterocycles. The first kappa shape index (κ1) is 16.3. The molecule has 0 spiro atoms. The van der Waals surface area contributed by atoms with E-state index in [1.54, 1.807) is 6.92 Å². The summed E-state index contributed by atoms with van der Waals surface area (Å²) in [5.41, 5.74) is 0. The zero-order valence-corrected chi connectivity index (χ0v) is 13.9. The van der Waals surface area contributed by atoms with E-state index in [0.717, 1.165) is 25.7 Å². The summed E-state index contributed by atoms with van der Waals surface area (Å²) in [6.07, 6.45) is 6.53. The number of amides is 3. The normalized spacial score (nSPS) is 26.8. The molecule has 23 heavy (non-hydrogen) atoms. The molecule has 2 saturated heterocycles. The summed E-state index contributed by atoms with van der Waals surface area (Å²) in [6, 6.07) is 0.493. The lowest BCUT2D eigenvalue weighted by molar-refractivity contribution is -0.131. The van der Waals surface area contributed by atoms with Crippen LogP contribution in [0.3, 0.4) is 0 Å². The largest absolute Gasteiger partial charge is 0.353 e. The van der Waals surface area contributed by atoms with Crippen LogP contribution in [0.5, 0.6) is 0 Å². The molecule has 1 saturated carbocycles. The Balaban J connectivity index is 1.47. The topological polar surface area (TPSA) is 69.7 Å². The number of nitrogens with one attached hydrogen (secondary N) is 1. The number of hydrogen-bond donors (Lipinski definition) is 1. The van der Waals surface area contributed by atoms with Crippen molar-refractivity contribution in [2.45, 2.75) is 64.0 Å². The van der Waals surface area contributed by atoms with Crippen LogP contribution in [-0.4, -0.2) is 59.2 Å². The maximum absolute atomic E-state index is 12.5. The monoisotopic (exact) mass is 321 g/mol. The van der Waals surface area contributed by atoms with Gasteiger partial charge in [-0.05, 0) is 25.7 Å². The molecule has 3 amide bonds. The van der Waals surface area contributed by atoms with Crippen LogP contribution in [0, 0.1) is 5.92 Å². The molecule has 1 unspecified atom stereocenters. The summed E-state index contributed by atoms with van der Waals surface area (Å²) < 4.78 is 0. The van der Waals surface area contributed by atoms with Crippen molar-refractivity contribution in [2.75, 3.05) is 19.6 Å². The van der Waals surface area contributed by atoms with E-state index in [2.05, 4.69) is 5.32 Å². The first-order chi connectivity index (χ1) is 11.0. The summed E-state index contributed by atoms with van der Waals surface area (Å²) in [7, 11) is 0. The Morgan fingerprint density at radius 1 is 1.09 bits per heavy atom. The standard InChI is InChI=1S/C17H27N3O3/c1-12(21)19-8-6-14(7-9-19)18-17(23)13-10-16(22)20(11-13)15-4-2-3-5-15/h13-15H,2-11H2,1H3,(H,18,23). The maximum Gasteiger partial charge on any atom is 0.225 e. The molecular weight excluding hydrogens is 294 g/mol. The molecule has 0 aromatic carbocycles. The number of carbonyl (C=O) groups excluding carboxylic acids is 3. The number of rotatable bonds is 3. The Morgan fingerprint density at radius 2 is 1.74 bits per heavy atom. The van der Waals surface area contributed by atoms with E-state index in [4.69, 9.17) is 0 Å². The summed E-state index contributed by atoms with van der Waals surface area (Å²) in [6.45, 7) is 3.58. The maximum atomic E-state index is 12.5. The molecular formula is C17H27N3O3. The van der Waals surface area contributed by atoms with Gasteiger partial charge in [-0.2, -0.15) is 0 Å². The van der Waals surface area contributed by atoms with Gasteiger partial charge < -0.3 is 15.1 Å². The van der Waals surface area contributed by atoms with Gasteiger partial charge in [0.1, 0.15) is 0 Å². The van der Waals surface area contributed by atoms with Crippen molar-refractivity contribution < 1.29 is 14.4 Å². The predicted octanol–water partition coefficient (Wildman–Crippen LogP) is 0.905. The first-order valence-electron chi connectivity index (χ1n) is 8.90. The van der Waals surface area contributed by atoms with Crippen LogP contribution in [0.1, 0.15) is 51.9 Å². The number of piperidine rings is 1. The van der Waals surface area contributed by atoms with Crippen LogP contribution in [0.4, 0.5) is 0 Å². The van der Waals surface area contributed by atoms with Gasteiger partial charge in [0.05, 0.1) is 5.92 Å². The smallest absolute Gasteiger partial charge is 0.225 e. The van der Waals surface area contributed by atoms with Crippen LogP contribution in [0.2, 0.25) is 0 Å². The third-order valence-electron chi connectivity index (χ3n) is 5.58. The van der Waals surface area contributed by atoms with Gasteiger partial charge in [-0.1, -0.05) is 12.8 Å². The summed E-state index contributed by atoms with van der Waals surface area (Å²) in [5, 5.41) is 3.10. The second kappa shape index (κ2) is 6.89. The first-order valence-corrected chi connectivity index (χ1v) is 8.90. The molecule has 0 bridgehead atoms. The Hall–Kier alpha value is -1.59. The zero-order chi connectivity index (χ0) is 16.4. The molecule has 0 aromatic heterocycles. The van der Waals surface area contributed by atoms with Crippen molar-refractivity contribution in [1.82, 2.24) is 15.1 Å². The van der Waals surface area contributed by atoms with Crippen LogP contribution in [-0.2, 0) is 14.4 Å². The van der Waals surface area contributed by atoms with Crippen LogP contribution < -0.4 is 5.32 Å². The van der Waals surface area contributed by atoms with Crippen molar-refractivity contribution in [3.63, 3.8) is 0 Å². The molecule has 1 N–H and O–H groups in total. The number of hydrogen-bond acceptors (Lipinski definition) is 3. The highest BCUT2D eigenvalue weighted by atomic mass is 16.2. The van der Waals surface area contributed by atoms with Gasteiger partial charge in [-0.25, -0.2) is 0 Å².